The Morgan fingerprint density at radius 3 is 2.38 bits per heavy atom. The fraction of sp³-hybridized carbons (Fsp3) is 0.0811. The highest BCUT2D eigenvalue weighted by atomic mass is 16.3. The van der Waals surface area contributed by atoms with Crippen molar-refractivity contribution >= 4 is 72.5 Å². The SMILES string of the molecule is C=Cc1c(/C=C\C)n(-c2ccc3oc4ccccc4c3c2)c2ccc3c4ccc(C)c(C(=C)/C=C\C)c4oc3c12. The number of hydrogen-bond donors (Lipinski definition) is 0. The minimum absolute atomic E-state index is 0.863. The van der Waals surface area contributed by atoms with Gasteiger partial charge in [-0.15, -0.1) is 0 Å². The number of rotatable bonds is 5. The van der Waals surface area contributed by atoms with Crippen molar-refractivity contribution in [3.05, 3.63) is 121 Å². The van der Waals surface area contributed by atoms with Crippen LogP contribution in [0.3, 0.4) is 0 Å². The molecule has 3 heteroatoms. The van der Waals surface area contributed by atoms with E-state index in [9.17, 15) is 0 Å². The first kappa shape index (κ1) is 24.1. The fourth-order valence-electron chi connectivity index (χ4n) is 6.16. The van der Waals surface area contributed by atoms with Gasteiger partial charge in [0.25, 0.3) is 0 Å². The van der Waals surface area contributed by atoms with E-state index in [-0.39, 0.29) is 0 Å². The summed E-state index contributed by atoms with van der Waals surface area (Å²) in [5, 5.41) is 5.42. The van der Waals surface area contributed by atoms with E-state index in [4.69, 9.17) is 8.83 Å². The van der Waals surface area contributed by atoms with Gasteiger partial charge in [0, 0.05) is 38.4 Å². The molecule has 3 aromatic heterocycles. The smallest absolute Gasteiger partial charge is 0.145 e. The zero-order chi connectivity index (χ0) is 27.5. The molecule has 0 saturated carbocycles. The molecular formula is C37H29NO2. The summed E-state index contributed by atoms with van der Waals surface area (Å²) in [6.45, 7) is 14.7. The number of nitrogens with zero attached hydrogens (tertiary/aromatic N) is 1. The quantitative estimate of drug-likeness (QED) is 0.212. The molecule has 0 unspecified atom stereocenters. The van der Waals surface area contributed by atoms with Crippen molar-refractivity contribution in [3.8, 4) is 5.69 Å². The third-order valence-corrected chi connectivity index (χ3v) is 7.86. The Bertz CT molecular complexity index is 2230. The highest BCUT2D eigenvalue weighted by molar-refractivity contribution is 6.19. The maximum atomic E-state index is 6.79. The summed E-state index contributed by atoms with van der Waals surface area (Å²) in [4.78, 5) is 0. The second kappa shape index (κ2) is 9.03. The molecule has 40 heavy (non-hydrogen) atoms. The Kier molecular flexibility index (Phi) is 5.43. The van der Waals surface area contributed by atoms with Crippen LogP contribution < -0.4 is 0 Å². The number of hydrogen-bond acceptors (Lipinski definition) is 2. The highest BCUT2D eigenvalue weighted by Crippen LogP contribution is 2.43. The van der Waals surface area contributed by atoms with Crippen LogP contribution >= 0.6 is 0 Å². The molecule has 0 aliphatic rings. The molecular weight excluding hydrogens is 490 g/mol. The van der Waals surface area contributed by atoms with E-state index in [0.29, 0.717) is 0 Å². The number of fused-ring (bicyclic) bond motifs is 8. The van der Waals surface area contributed by atoms with Crippen molar-refractivity contribution in [3.63, 3.8) is 0 Å². The molecule has 0 aliphatic carbocycles. The number of para-hydroxylation sites is 1. The Labute approximate surface area is 232 Å². The molecule has 0 bridgehead atoms. The maximum absolute atomic E-state index is 6.79. The lowest BCUT2D eigenvalue weighted by atomic mass is 9.98. The van der Waals surface area contributed by atoms with Crippen LogP contribution in [0, 0.1) is 6.92 Å². The third-order valence-electron chi connectivity index (χ3n) is 7.86. The average molecular weight is 520 g/mol. The summed E-state index contributed by atoms with van der Waals surface area (Å²) in [6.07, 6.45) is 10.2. The van der Waals surface area contributed by atoms with Gasteiger partial charge in [0.15, 0.2) is 0 Å². The maximum Gasteiger partial charge on any atom is 0.145 e. The van der Waals surface area contributed by atoms with Gasteiger partial charge in [-0.3, -0.25) is 0 Å². The molecule has 0 radical (unpaired) electrons. The van der Waals surface area contributed by atoms with Crippen LogP contribution in [0.5, 0.6) is 0 Å². The van der Waals surface area contributed by atoms with E-state index in [2.05, 4.69) is 91.4 Å². The van der Waals surface area contributed by atoms with Gasteiger partial charge in [0.05, 0.1) is 16.6 Å². The molecule has 194 valence electrons. The number of allylic oxidation sites excluding steroid dienone is 4. The summed E-state index contributed by atoms with van der Waals surface area (Å²) < 4.78 is 15.2. The molecule has 4 aromatic carbocycles. The first-order chi connectivity index (χ1) is 19.5. The van der Waals surface area contributed by atoms with E-state index in [1.54, 1.807) is 0 Å². The van der Waals surface area contributed by atoms with Crippen LogP contribution in [0.1, 0.15) is 36.2 Å². The first-order valence-electron chi connectivity index (χ1n) is 13.6. The largest absolute Gasteiger partial charge is 0.456 e. The van der Waals surface area contributed by atoms with Crippen LogP contribution in [0.25, 0.3) is 78.2 Å². The molecule has 0 spiro atoms. The second-order valence-corrected chi connectivity index (χ2v) is 10.2. The predicted molar refractivity (Wildman–Crippen MR) is 171 cm³/mol. The molecule has 0 N–H and O–H groups in total. The number of furan rings is 2. The Morgan fingerprint density at radius 1 is 0.800 bits per heavy atom. The van der Waals surface area contributed by atoms with Crippen LogP contribution in [0.2, 0.25) is 0 Å². The van der Waals surface area contributed by atoms with Gasteiger partial charge in [-0.25, -0.2) is 0 Å². The molecule has 0 aliphatic heterocycles. The Hall–Kier alpha value is -5.02. The minimum Gasteiger partial charge on any atom is -0.456 e. The van der Waals surface area contributed by atoms with Gasteiger partial charge in [-0.2, -0.15) is 0 Å². The lowest BCUT2D eigenvalue weighted by Crippen LogP contribution is -1.96. The van der Waals surface area contributed by atoms with Gasteiger partial charge < -0.3 is 13.4 Å². The van der Waals surface area contributed by atoms with Crippen molar-refractivity contribution in [1.82, 2.24) is 4.57 Å². The Balaban J connectivity index is 1.60. The van der Waals surface area contributed by atoms with Gasteiger partial charge in [-0.1, -0.05) is 67.8 Å². The van der Waals surface area contributed by atoms with Crippen LogP contribution in [0.4, 0.5) is 0 Å². The summed E-state index contributed by atoms with van der Waals surface area (Å²) in [5.74, 6) is 0. The average Bonchev–Trinajstić information content (AvgIpc) is 3.61. The monoisotopic (exact) mass is 519 g/mol. The first-order valence-corrected chi connectivity index (χ1v) is 13.6. The van der Waals surface area contributed by atoms with Crippen molar-refractivity contribution in [1.29, 1.82) is 0 Å². The van der Waals surface area contributed by atoms with Crippen molar-refractivity contribution in [2.75, 3.05) is 0 Å². The number of aromatic nitrogens is 1. The molecule has 7 aromatic rings. The standard InChI is InChI=1S/C37H29NO2/c1-6-11-22(4)34-23(5)15-17-27-28-18-19-31-35(37(28)40-36(27)34)25(8-3)30(12-7-2)38(31)24-16-20-33-29(21-24)26-13-9-10-14-32(26)39-33/h6-21H,3-4H2,1-2,5H3/b11-6-,12-7-. The topological polar surface area (TPSA) is 31.2 Å². The summed E-state index contributed by atoms with van der Waals surface area (Å²) in [6, 6.07) is 23.3. The zero-order valence-electron chi connectivity index (χ0n) is 22.9. The van der Waals surface area contributed by atoms with Gasteiger partial charge in [0.1, 0.15) is 22.3 Å². The molecule has 0 atom stereocenters. The van der Waals surface area contributed by atoms with Crippen LogP contribution in [-0.2, 0) is 0 Å². The van der Waals surface area contributed by atoms with Crippen molar-refractivity contribution < 1.29 is 8.83 Å². The van der Waals surface area contributed by atoms with Crippen LogP contribution in [-0.4, -0.2) is 4.57 Å². The summed E-state index contributed by atoms with van der Waals surface area (Å²) in [7, 11) is 0. The molecule has 0 fully saturated rings. The van der Waals surface area contributed by atoms with Crippen molar-refractivity contribution in [2.24, 2.45) is 0 Å². The fourth-order valence-corrected chi connectivity index (χ4v) is 6.16. The second-order valence-electron chi connectivity index (χ2n) is 10.2. The molecule has 0 saturated heterocycles. The molecule has 0 amide bonds. The summed E-state index contributed by atoms with van der Waals surface area (Å²) >= 11 is 0. The minimum atomic E-state index is 0.863. The molecule has 3 heterocycles. The number of benzene rings is 4. The van der Waals surface area contributed by atoms with E-state index in [1.807, 2.05) is 44.2 Å². The van der Waals surface area contributed by atoms with E-state index in [1.165, 1.54) is 0 Å². The van der Waals surface area contributed by atoms with Gasteiger partial charge in [-0.05, 0) is 74.4 Å². The normalized spacial score (nSPS) is 12.4. The van der Waals surface area contributed by atoms with E-state index in [0.717, 1.165) is 88.4 Å². The van der Waals surface area contributed by atoms with Gasteiger partial charge in [0.2, 0.25) is 0 Å². The lowest BCUT2D eigenvalue weighted by molar-refractivity contribution is 0.668. The third kappa shape index (κ3) is 3.31. The summed E-state index contributed by atoms with van der Waals surface area (Å²) in [5.41, 5.74) is 10.8. The Morgan fingerprint density at radius 2 is 1.57 bits per heavy atom. The number of aryl methyl sites for hydroxylation is 1. The lowest BCUT2D eigenvalue weighted by Gasteiger charge is -2.09. The van der Waals surface area contributed by atoms with E-state index >= 15 is 0 Å². The zero-order valence-corrected chi connectivity index (χ0v) is 22.9. The predicted octanol–water partition coefficient (Wildman–Crippen LogP) is 11.0. The van der Waals surface area contributed by atoms with Gasteiger partial charge >= 0.3 is 0 Å². The highest BCUT2D eigenvalue weighted by Gasteiger charge is 2.22. The van der Waals surface area contributed by atoms with Crippen LogP contribution in [0.15, 0.2) is 107 Å². The van der Waals surface area contributed by atoms with Crippen molar-refractivity contribution in [2.45, 2.75) is 20.8 Å². The molecule has 7 rings (SSSR count). The van der Waals surface area contributed by atoms with E-state index < -0.39 is 0 Å². The molecule has 3 nitrogen and oxygen atoms in total.